The number of sulfonamides is 1. The minimum Gasteiger partial charge on any atom is -0.338 e. The first-order valence-electron chi connectivity index (χ1n) is 7.25. The van der Waals surface area contributed by atoms with E-state index in [4.69, 9.17) is 0 Å². The molecule has 0 radical (unpaired) electrons. The van der Waals surface area contributed by atoms with Crippen molar-refractivity contribution in [1.29, 1.82) is 0 Å². The van der Waals surface area contributed by atoms with E-state index in [0.29, 0.717) is 19.8 Å². The summed E-state index contributed by atoms with van der Waals surface area (Å²) in [7, 11) is -3.75. The van der Waals surface area contributed by atoms with Crippen LogP contribution in [0.1, 0.15) is 36.2 Å². The molecule has 6 nitrogen and oxygen atoms in total. The van der Waals surface area contributed by atoms with E-state index in [1.807, 2.05) is 24.3 Å². The third-order valence-electron chi connectivity index (χ3n) is 3.63. The summed E-state index contributed by atoms with van der Waals surface area (Å²) in [5.74, 6) is -4.23. The quantitative estimate of drug-likeness (QED) is 0.891. The van der Waals surface area contributed by atoms with Gasteiger partial charge in [0.2, 0.25) is 21.7 Å². The van der Waals surface area contributed by atoms with E-state index in [1.165, 1.54) is 0 Å². The van der Waals surface area contributed by atoms with E-state index >= 15 is 0 Å². The number of nitrogens with zero attached hydrogens (tertiary/aromatic N) is 2. The van der Waals surface area contributed by atoms with Crippen LogP contribution in [0, 0.1) is 0 Å². The fourth-order valence-corrected chi connectivity index (χ4v) is 3.52. The van der Waals surface area contributed by atoms with Crippen LogP contribution in [0.2, 0.25) is 0 Å². The Bertz CT molecular complexity index is 885. The predicted octanol–water partition coefficient (Wildman–Crippen LogP) is 2.59. The number of aryl methyl sites for hydroxylation is 1. The van der Waals surface area contributed by atoms with Crippen LogP contribution < -0.4 is 4.72 Å². The number of aromatic nitrogens is 2. The van der Waals surface area contributed by atoms with Gasteiger partial charge in [0.1, 0.15) is 0 Å². The average Bonchev–Trinajstić information content (AvgIpc) is 3.02. The Morgan fingerprint density at radius 1 is 1.29 bits per heavy atom. The number of halogens is 2. The van der Waals surface area contributed by atoms with Gasteiger partial charge in [0.25, 0.3) is 0 Å². The van der Waals surface area contributed by atoms with E-state index in [2.05, 4.69) is 19.4 Å². The van der Waals surface area contributed by atoms with E-state index in [0.717, 1.165) is 11.1 Å². The summed E-state index contributed by atoms with van der Waals surface area (Å²) in [6, 6.07) is 7.54. The standard InChI is InChI=1S/C15H15F2N3O3S/c1-15(16,17)14-19-13(23-20-14)9-18-24(21,22)12-7-6-10-4-2-3-5-11(10)8-12/h2-5,8,18H,6-7,9H2,1H3. The van der Waals surface area contributed by atoms with Gasteiger partial charge in [0, 0.05) is 6.92 Å². The lowest BCUT2D eigenvalue weighted by Gasteiger charge is -2.16. The van der Waals surface area contributed by atoms with Crippen molar-refractivity contribution in [3.05, 3.63) is 52.0 Å². The number of fused-ring (bicyclic) bond motifs is 1. The molecule has 1 N–H and O–H groups in total. The van der Waals surface area contributed by atoms with Gasteiger partial charge < -0.3 is 4.52 Å². The van der Waals surface area contributed by atoms with Gasteiger partial charge in [0.15, 0.2) is 0 Å². The fourth-order valence-electron chi connectivity index (χ4n) is 2.37. The third-order valence-corrected chi connectivity index (χ3v) is 5.17. The zero-order chi connectivity index (χ0) is 17.4. The molecule has 0 bridgehead atoms. The molecule has 0 fully saturated rings. The molecule has 3 rings (SSSR count). The van der Waals surface area contributed by atoms with E-state index in [-0.39, 0.29) is 17.3 Å². The molecule has 0 unspecified atom stereocenters. The molecule has 0 amide bonds. The van der Waals surface area contributed by atoms with Crippen molar-refractivity contribution >= 4 is 16.1 Å². The first-order valence-corrected chi connectivity index (χ1v) is 8.73. The molecular formula is C15H15F2N3O3S. The molecule has 2 aromatic rings. The molecule has 1 aliphatic rings. The number of hydrogen-bond acceptors (Lipinski definition) is 5. The highest BCUT2D eigenvalue weighted by Crippen LogP contribution is 2.27. The van der Waals surface area contributed by atoms with Gasteiger partial charge >= 0.3 is 5.92 Å². The molecule has 128 valence electrons. The SMILES string of the molecule is CC(F)(F)c1noc(CNS(=O)(=O)C2=Cc3ccccc3CC2)n1. The van der Waals surface area contributed by atoms with Gasteiger partial charge in [-0.05, 0) is 30.0 Å². The lowest BCUT2D eigenvalue weighted by atomic mass is 9.98. The van der Waals surface area contributed by atoms with Crippen LogP contribution in [0.15, 0.2) is 33.7 Å². The second-order valence-electron chi connectivity index (χ2n) is 5.53. The Morgan fingerprint density at radius 2 is 2.04 bits per heavy atom. The molecule has 1 aromatic carbocycles. The highest BCUT2D eigenvalue weighted by atomic mass is 32.2. The Kier molecular flexibility index (Phi) is 4.22. The topological polar surface area (TPSA) is 85.1 Å². The van der Waals surface area contributed by atoms with E-state index < -0.39 is 21.8 Å². The number of hydrogen-bond donors (Lipinski definition) is 1. The molecule has 1 aliphatic carbocycles. The second kappa shape index (κ2) is 6.06. The number of allylic oxidation sites excluding steroid dienone is 1. The summed E-state index contributed by atoms with van der Waals surface area (Å²) >= 11 is 0. The molecule has 9 heteroatoms. The molecule has 0 atom stereocenters. The van der Waals surface area contributed by atoms with Crippen LogP contribution in [-0.4, -0.2) is 18.6 Å². The monoisotopic (exact) mass is 355 g/mol. The minimum absolute atomic E-state index is 0.216. The lowest BCUT2D eigenvalue weighted by Crippen LogP contribution is -2.26. The molecule has 0 saturated carbocycles. The first kappa shape index (κ1) is 16.7. The molecule has 24 heavy (non-hydrogen) atoms. The van der Waals surface area contributed by atoms with Gasteiger partial charge in [-0.25, -0.2) is 13.1 Å². The average molecular weight is 355 g/mol. The van der Waals surface area contributed by atoms with Crippen molar-refractivity contribution in [2.45, 2.75) is 32.2 Å². The van der Waals surface area contributed by atoms with Crippen molar-refractivity contribution in [2.75, 3.05) is 0 Å². The zero-order valence-electron chi connectivity index (χ0n) is 12.8. The van der Waals surface area contributed by atoms with Gasteiger partial charge in [-0.1, -0.05) is 29.4 Å². The summed E-state index contributed by atoms with van der Waals surface area (Å²) in [5.41, 5.74) is 1.94. The normalized spacial score (nSPS) is 15.0. The highest BCUT2D eigenvalue weighted by molar-refractivity contribution is 7.93. The predicted molar refractivity (Wildman–Crippen MR) is 82.4 cm³/mol. The van der Waals surface area contributed by atoms with Crippen LogP contribution in [0.4, 0.5) is 8.78 Å². The van der Waals surface area contributed by atoms with Crippen LogP contribution >= 0.6 is 0 Å². The fraction of sp³-hybridized carbons (Fsp3) is 0.333. The van der Waals surface area contributed by atoms with Crippen LogP contribution in [0.3, 0.4) is 0 Å². The first-order chi connectivity index (χ1) is 11.3. The Hall–Kier alpha value is -2.13. The smallest absolute Gasteiger partial charge is 0.307 e. The Morgan fingerprint density at radius 3 is 2.75 bits per heavy atom. The van der Waals surface area contributed by atoms with Gasteiger partial charge in [-0.2, -0.15) is 13.8 Å². The molecule has 0 aliphatic heterocycles. The number of alkyl halides is 2. The summed E-state index contributed by atoms with van der Waals surface area (Å²) in [5, 5.41) is 3.14. The lowest BCUT2D eigenvalue weighted by molar-refractivity contribution is 0.00559. The summed E-state index contributed by atoms with van der Waals surface area (Å²) in [6.07, 6.45) is 2.60. The van der Waals surface area contributed by atoms with Crippen molar-refractivity contribution < 1.29 is 21.7 Å². The summed E-state index contributed by atoms with van der Waals surface area (Å²) < 4.78 is 57.7. The van der Waals surface area contributed by atoms with Gasteiger partial charge in [-0.15, -0.1) is 0 Å². The molecule has 0 spiro atoms. The van der Waals surface area contributed by atoms with Gasteiger partial charge in [-0.3, -0.25) is 0 Å². The maximum absolute atomic E-state index is 13.0. The summed E-state index contributed by atoms with van der Waals surface area (Å²) in [6.45, 7) is 0.292. The maximum atomic E-state index is 13.0. The van der Waals surface area contributed by atoms with Crippen molar-refractivity contribution in [3.8, 4) is 0 Å². The molecule has 0 saturated heterocycles. The zero-order valence-corrected chi connectivity index (χ0v) is 13.6. The van der Waals surface area contributed by atoms with Crippen LogP contribution in [0.5, 0.6) is 0 Å². The number of rotatable bonds is 5. The Labute approximate surface area is 137 Å². The van der Waals surface area contributed by atoms with E-state index in [9.17, 15) is 17.2 Å². The highest BCUT2D eigenvalue weighted by Gasteiger charge is 2.31. The largest absolute Gasteiger partial charge is 0.338 e. The summed E-state index contributed by atoms with van der Waals surface area (Å²) in [4.78, 5) is 3.73. The van der Waals surface area contributed by atoms with Crippen molar-refractivity contribution in [2.24, 2.45) is 0 Å². The second-order valence-corrected chi connectivity index (χ2v) is 7.35. The van der Waals surface area contributed by atoms with Crippen molar-refractivity contribution in [3.63, 3.8) is 0 Å². The third kappa shape index (κ3) is 3.51. The van der Waals surface area contributed by atoms with Crippen LogP contribution in [0.25, 0.3) is 6.08 Å². The van der Waals surface area contributed by atoms with Gasteiger partial charge in [0.05, 0.1) is 11.4 Å². The van der Waals surface area contributed by atoms with Crippen LogP contribution in [-0.2, 0) is 28.9 Å². The van der Waals surface area contributed by atoms with E-state index in [1.54, 1.807) is 6.08 Å². The number of nitrogens with one attached hydrogen (secondary N) is 1. The molecular weight excluding hydrogens is 340 g/mol. The maximum Gasteiger partial charge on any atom is 0.307 e. The minimum atomic E-state index is -3.75. The molecule has 1 heterocycles. The van der Waals surface area contributed by atoms with Crippen molar-refractivity contribution in [1.82, 2.24) is 14.9 Å². The number of benzene rings is 1. The Balaban J connectivity index is 1.73. The molecule has 1 aromatic heterocycles.